The first-order chi connectivity index (χ1) is 15.8. The van der Waals surface area contributed by atoms with Crippen molar-refractivity contribution in [2.24, 2.45) is 11.0 Å². The molecule has 2 N–H and O–H groups in total. The summed E-state index contributed by atoms with van der Waals surface area (Å²) >= 11 is 12.4. The zero-order valence-electron chi connectivity index (χ0n) is 18.6. The fourth-order valence-electron chi connectivity index (χ4n) is 4.14. The highest BCUT2D eigenvalue weighted by molar-refractivity contribution is 7.80. The van der Waals surface area contributed by atoms with E-state index in [0.717, 1.165) is 23.1 Å². The molecule has 0 fully saturated rings. The molecule has 0 radical (unpaired) electrons. The second kappa shape index (κ2) is 9.92. The number of aryl methyl sites for hydroxylation is 1. The molecule has 1 amide bonds. The van der Waals surface area contributed by atoms with Crippen LogP contribution in [0.2, 0.25) is 5.02 Å². The van der Waals surface area contributed by atoms with Gasteiger partial charge in [0.1, 0.15) is 17.0 Å². The molecule has 33 heavy (non-hydrogen) atoms. The summed E-state index contributed by atoms with van der Waals surface area (Å²) < 4.78 is 5.21. The van der Waals surface area contributed by atoms with E-state index in [0.29, 0.717) is 40.1 Å². The summed E-state index contributed by atoms with van der Waals surface area (Å²) in [6, 6.07) is 3.36. The number of carbonyl (C=O) groups is 1. The predicted molar refractivity (Wildman–Crippen MR) is 134 cm³/mol. The second-order valence-corrected chi connectivity index (χ2v) is 10.1. The highest BCUT2D eigenvalue weighted by Gasteiger charge is 2.32. The number of amides is 1. The van der Waals surface area contributed by atoms with Crippen LogP contribution in [-0.4, -0.2) is 47.6 Å². The predicted octanol–water partition coefficient (Wildman–Crippen LogP) is 5.64. The van der Waals surface area contributed by atoms with Crippen LogP contribution < -0.4 is 5.32 Å². The lowest BCUT2D eigenvalue weighted by atomic mass is 9.86. The third-order valence-corrected chi connectivity index (χ3v) is 7.88. The van der Waals surface area contributed by atoms with Crippen LogP contribution in [0.3, 0.4) is 0 Å². The van der Waals surface area contributed by atoms with Gasteiger partial charge in [-0.05, 0) is 43.9 Å². The number of rotatable bonds is 7. The summed E-state index contributed by atoms with van der Waals surface area (Å²) in [5, 5.41) is 8.13. The van der Waals surface area contributed by atoms with Gasteiger partial charge in [0.25, 0.3) is 0 Å². The van der Waals surface area contributed by atoms with Crippen LogP contribution in [-0.2, 0) is 22.4 Å². The molecule has 0 bridgehead atoms. The van der Waals surface area contributed by atoms with Crippen molar-refractivity contribution in [2.75, 3.05) is 26.1 Å². The minimum atomic E-state index is -0.0541. The Labute approximate surface area is 206 Å². The van der Waals surface area contributed by atoms with Gasteiger partial charge in [-0.2, -0.15) is 5.11 Å². The molecule has 2 aromatic heterocycles. The van der Waals surface area contributed by atoms with Gasteiger partial charge in [-0.3, -0.25) is 4.79 Å². The van der Waals surface area contributed by atoms with Crippen LogP contribution in [0.15, 0.2) is 28.5 Å². The van der Waals surface area contributed by atoms with E-state index in [9.17, 15) is 4.79 Å². The van der Waals surface area contributed by atoms with E-state index in [1.165, 1.54) is 16.8 Å². The highest BCUT2D eigenvalue weighted by Crippen LogP contribution is 2.42. The van der Waals surface area contributed by atoms with Gasteiger partial charge in [-0.25, -0.2) is 15.5 Å². The summed E-state index contributed by atoms with van der Waals surface area (Å²) in [5.74, 6) is 0.764. The third-order valence-electron chi connectivity index (χ3n) is 6.05. The first-order valence-electron chi connectivity index (χ1n) is 10.5. The number of aromatic nitrogens is 2. The Morgan fingerprint density at radius 2 is 2.27 bits per heavy atom. The lowest BCUT2D eigenvalue weighted by Crippen LogP contribution is -2.42. The summed E-state index contributed by atoms with van der Waals surface area (Å²) in [7, 11) is 3.49. The quantitative estimate of drug-likeness (QED) is 0.285. The lowest BCUT2D eigenvalue weighted by Gasteiger charge is -2.30. The van der Waals surface area contributed by atoms with Crippen molar-refractivity contribution in [2.45, 2.75) is 37.1 Å². The number of hydrogen-bond acceptors (Lipinski definition) is 9. The van der Waals surface area contributed by atoms with E-state index >= 15 is 0 Å². The Bertz CT molecular complexity index is 1220. The molecule has 2 unspecified atom stereocenters. The zero-order chi connectivity index (χ0) is 23.7. The molecule has 1 aromatic carbocycles. The average Bonchev–Trinajstić information content (AvgIpc) is 3.19. The van der Waals surface area contributed by atoms with Gasteiger partial charge in [-0.1, -0.05) is 11.6 Å². The normalized spacial score (nSPS) is 16.3. The molecule has 8 nitrogen and oxygen atoms in total. The van der Waals surface area contributed by atoms with Crippen molar-refractivity contribution < 1.29 is 9.53 Å². The lowest BCUT2D eigenvalue weighted by molar-refractivity contribution is -0.137. The fourth-order valence-corrected chi connectivity index (χ4v) is 5.85. The number of halogens is 1. The minimum Gasteiger partial charge on any atom is -0.383 e. The number of thiol groups is 1. The number of thiophene rings is 1. The maximum Gasteiger partial charge on any atom is 0.226 e. The Kier molecular flexibility index (Phi) is 7.18. The van der Waals surface area contributed by atoms with Crippen molar-refractivity contribution in [1.29, 1.82) is 5.53 Å². The molecule has 2 atom stereocenters. The summed E-state index contributed by atoms with van der Waals surface area (Å²) in [6.45, 7) is 2.51. The molecule has 0 aliphatic heterocycles. The van der Waals surface area contributed by atoms with Crippen molar-refractivity contribution >= 4 is 68.9 Å². The van der Waals surface area contributed by atoms with Crippen LogP contribution in [0, 0.1) is 11.4 Å². The number of fused-ring (bicyclic) bond motifs is 3. The molecule has 174 valence electrons. The van der Waals surface area contributed by atoms with E-state index in [1.54, 1.807) is 35.5 Å². The van der Waals surface area contributed by atoms with Gasteiger partial charge < -0.3 is 15.0 Å². The first-order valence-corrected chi connectivity index (χ1v) is 12.2. The van der Waals surface area contributed by atoms with Crippen molar-refractivity contribution in [3.63, 3.8) is 0 Å². The summed E-state index contributed by atoms with van der Waals surface area (Å²) in [4.78, 5) is 26.4. The number of carbonyl (C=O) groups excluding carboxylic acids is 1. The van der Waals surface area contributed by atoms with E-state index in [-0.39, 0.29) is 17.9 Å². The van der Waals surface area contributed by atoms with Crippen LogP contribution >= 0.6 is 35.6 Å². The Balaban J connectivity index is 1.63. The van der Waals surface area contributed by atoms with Crippen LogP contribution in [0.5, 0.6) is 0 Å². The molecule has 3 aromatic rings. The van der Waals surface area contributed by atoms with E-state index in [1.807, 2.05) is 14.0 Å². The zero-order valence-corrected chi connectivity index (χ0v) is 21.0. The SMILES string of the molecule is COCC(C)N(C)C(=O)C1CCc2c(sc3ncnc(Nc4cc(S)c(N=N)cc4Cl)c23)C1. The number of benzene rings is 1. The molecule has 0 spiro atoms. The molecule has 0 saturated carbocycles. The highest BCUT2D eigenvalue weighted by atomic mass is 35.5. The van der Waals surface area contributed by atoms with Crippen LogP contribution in [0.25, 0.3) is 10.2 Å². The number of nitrogens with zero attached hydrogens (tertiary/aromatic N) is 4. The number of nitrogens with one attached hydrogen (secondary N) is 2. The number of anilines is 2. The molecule has 4 rings (SSSR count). The van der Waals surface area contributed by atoms with Crippen molar-refractivity contribution in [1.82, 2.24) is 14.9 Å². The van der Waals surface area contributed by atoms with Gasteiger partial charge in [-0.15, -0.1) is 24.0 Å². The number of hydrogen-bond donors (Lipinski definition) is 3. The Morgan fingerprint density at radius 1 is 1.48 bits per heavy atom. The Hall–Kier alpha value is -2.27. The maximum absolute atomic E-state index is 13.1. The van der Waals surface area contributed by atoms with E-state index < -0.39 is 0 Å². The van der Waals surface area contributed by atoms with Crippen LogP contribution in [0.4, 0.5) is 17.2 Å². The summed E-state index contributed by atoms with van der Waals surface area (Å²) in [5.41, 5.74) is 9.44. The smallest absolute Gasteiger partial charge is 0.226 e. The maximum atomic E-state index is 13.1. The molecule has 1 aliphatic rings. The van der Waals surface area contributed by atoms with E-state index in [4.69, 9.17) is 21.9 Å². The summed E-state index contributed by atoms with van der Waals surface area (Å²) in [6.07, 6.45) is 3.78. The van der Waals surface area contributed by atoms with Crippen molar-refractivity contribution in [3.8, 4) is 0 Å². The molecular weight excluding hydrogens is 480 g/mol. The largest absolute Gasteiger partial charge is 0.383 e. The standard InChI is InChI=1S/C22H25ClN6O2S2/c1-11(9-31-3)29(2)22(30)12-4-5-13-18(6-12)33-21-19(13)20(25-10-26-21)27-15-8-17(32)16(28-24)7-14(15)23/h7-8,10-12,24,32H,4-6,9H2,1-3H3,(H,25,26,27). The monoisotopic (exact) mass is 504 g/mol. The number of methoxy groups -OCH3 is 1. The first kappa shape index (κ1) is 23.9. The van der Waals surface area contributed by atoms with Crippen LogP contribution in [0.1, 0.15) is 23.8 Å². The van der Waals surface area contributed by atoms with Gasteiger partial charge in [0.05, 0.1) is 34.4 Å². The molecule has 11 heteroatoms. The van der Waals surface area contributed by atoms with Crippen molar-refractivity contribution in [3.05, 3.63) is 33.9 Å². The van der Waals surface area contributed by atoms with E-state index in [2.05, 4.69) is 33.0 Å². The molecular formula is C22H25ClN6O2S2. The number of ether oxygens (including phenoxy) is 1. The second-order valence-electron chi connectivity index (χ2n) is 8.16. The van der Waals surface area contributed by atoms with Gasteiger partial charge in [0.2, 0.25) is 5.91 Å². The average molecular weight is 505 g/mol. The van der Waals surface area contributed by atoms with Gasteiger partial charge in [0.15, 0.2) is 0 Å². The molecule has 0 saturated heterocycles. The molecule has 1 aliphatic carbocycles. The van der Waals surface area contributed by atoms with Gasteiger partial charge >= 0.3 is 0 Å². The minimum absolute atomic E-state index is 0.0312. The topological polar surface area (TPSA) is 104 Å². The Morgan fingerprint density at radius 3 is 3.00 bits per heavy atom. The molecule has 2 heterocycles. The fraction of sp³-hybridized carbons (Fsp3) is 0.409. The van der Waals surface area contributed by atoms with Gasteiger partial charge in [0, 0.05) is 29.8 Å². The third kappa shape index (κ3) is 4.70. The number of likely N-dealkylation sites (N-methyl/N-ethyl adjacent to an activating group) is 1.